The Labute approximate surface area is 90.6 Å². The molecule has 4 heteroatoms. The quantitative estimate of drug-likeness (QED) is 0.805. The molecule has 0 aromatic carbocycles. The lowest BCUT2D eigenvalue weighted by Crippen LogP contribution is -2.20. The zero-order valence-electron chi connectivity index (χ0n) is 9.44. The fourth-order valence-electron chi connectivity index (χ4n) is 2.11. The zero-order chi connectivity index (χ0) is 10.7. The molecule has 0 saturated carbocycles. The molecule has 0 bridgehead atoms. The monoisotopic (exact) mass is 209 g/mol. The molecule has 0 radical (unpaired) electrons. The third-order valence-corrected chi connectivity index (χ3v) is 3.12. The molecular weight excluding hydrogens is 190 g/mol. The summed E-state index contributed by atoms with van der Waals surface area (Å²) < 4.78 is 7.79. The molecule has 1 aliphatic rings. The van der Waals surface area contributed by atoms with Gasteiger partial charge in [-0.15, -0.1) is 0 Å². The van der Waals surface area contributed by atoms with Crippen LogP contribution in [0.4, 0.5) is 0 Å². The summed E-state index contributed by atoms with van der Waals surface area (Å²) >= 11 is 0. The van der Waals surface area contributed by atoms with Gasteiger partial charge in [0.2, 0.25) is 0 Å². The van der Waals surface area contributed by atoms with E-state index in [-0.39, 0.29) is 0 Å². The van der Waals surface area contributed by atoms with Crippen molar-refractivity contribution < 1.29 is 4.74 Å². The first-order chi connectivity index (χ1) is 7.31. The molecule has 1 saturated heterocycles. The number of nitrogens with one attached hydrogen (secondary N) is 1. The summed E-state index contributed by atoms with van der Waals surface area (Å²) in [4.78, 5) is 4.19. The van der Waals surface area contributed by atoms with Gasteiger partial charge in [-0.2, -0.15) is 0 Å². The minimum atomic E-state index is 0.384. The Morgan fingerprint density at radius 3 is 3.20 bits per heavy atom. The van der Waals surface area contributed by atoms with Crippen molar-refractivity contribution in [2.45, 2.75) is 32.5 Å². The van der Waals surface area contributed by atoms with Crippen LogP contribution in [-0.4, -0.2) is 29.3 Å². The molecule has 1 N–H and O–H groups in total. The van der Waals surface area contributed by atoms with Crippen molar-refractivity contribution in [3.05, 3.63) is 18.2 Å². The van der Waals surface area contributed by atoms with Gasteiger partial charge in [0.05, 0.1) is 18.1 Å². The van der Waals surface area contributed by atoms with Crippen molar-refractivity contribution in [3.63, 3.8) is 0 Å². The Morgan fingerprint density at radius 2 is 2.53 bits per heavy atom. The summed E-state index contributed by atoms with van der Waals surface area (Å²) in [7, 11) is 1.96. The van der Waals surface area contributed by atoms with E-state index in [2.05, 4.69) is 21.8 Å². The summed E-state index contributed by atoms with van der Waals surface area (Å²) in [5, 5.41) is 3.15. The van der Waals surface area contributed by atoms with Crippen LogP contribution in [0.3, 0.4) is 0 Å². The second-order valence-electron chi connectivity index (χ2n) is 4.19. The number of imidazole rings is 1. The molecule has 0 spiro atoms. The molecule has 1 aliphatic heterocycles. The predicted molar refractivity (Wildman–Crippen MR) is 58.5 cm³/mol. The van der Waals surface area contributed by atoms with E-state index in [1.165, 1.54) is 12.1 Å². The molecule has 0 amide bonds. The molecular formula is C11H19N3O. The van der Waals surface area contributed by atoms with Crippen LogP contribution in [0, 0.1) is 5.92 Å². The topological polar surface area (TPSA) is 39.1 Å². The Kier molecular flexibility index (Phi) is 3.38. The summed E-state index contributed by atoms with van der Waals surface area (Å²) in [6, 6.07) is 0. The normalized spacial score (nSPS) is 26.0. The molecule has 4 nitrogen and oxygen atoms in total. The van der Waals surface area contributed by atoms with Crippen molar-refractivity contribution >= 4 is 0 Å². The van der Waals surface area contributed by atoms with E-state index in [4.69, 9.17) is 4.74 Å². The van der Waals surface area contributed by atoms with Crippen molar-refractivity contribution in [1.29, 1.82) is 0 Å². The maximum atomic E-state index is 5.56. The minimum absolute atomic E-state index is 0.384. The van der Waals surface area contributed by atoms with Crippen LogP contribution in [0.5, 0.6) is 0 Å². The first-order valence-electron chi connectivity index (χ1n) is 5.56. The average molecular weight is 209 g/mol. The molecule has 2 heterocycles. The first kappa shape index (κ1) is 10.6. The SMILES string of the molecule is CNCc1cncn1CC1CCOC1C. The molecule has 15 heavy (non-hydrogen) atoms. The molecule has 2 atom stereocenters. The van der Waals surface area contributed by atoms with Gasteiger partial charge >= 0.3 is 0 Å². The first-order valence-corrected chi connectivity index (χ1v) is 5.56. The van der Waals surface area contributed by atoms with Crippen LogP contribution >= 0.6 is 0 Å². The minimum Gasteiger partial charge on any atom is -0.378 e. The Balaban J connectivity index is 2.00. The average Bonchev–Trinajstić information content (AvgIpc) is 2.80. The van der Waals surface area contributed by atoms with Gasteiger partial charge < -0.3 is 14.6 Å². The highest BCUT2D eigenvalue weighted by atomic mass is 16.5. The van der Waals surface area contributed by atoms with Crippen LogP contribution in [-0.2, 0) is 17.8 Å². The molecule has 0 aliphatic carbocycles. The largest absolute Gasteiger partial charge is 0.378 e. The number of ether oxygens (including phenoxy) is 1. The van der Waals surface area contributed by atoms with E-state index < -0.39 is 0 Å². The van der Waals surface area contributed by atoms with Gasteiger partial charge in [-0.1, -0.05) is 0 Å². The second kappa shape index (κ2) is 4.77. The van der Waals surface area contributed by atoms with Crippen molar-refractivity contribution in [2.75, 3.05) is 13.7 Å². The van der Waals surface area contributed by atoms with Gasteiger partial charge in [0.15, 0.2) is 0 Å². The molecule has 1 aromatic heterocycles. The highest BCUT2D eigenvalue weighted by Crippen LogP contribution is 2.22. The third-order valence-electron chi connectivity index (χ3n) is 3.12. The van der Waals surface area contributed by atoms with Crippen LogP contribution in [0.25, 0.3) is 0 Å². The number of hydrogen-bond donors (Lipinski definition) is 1. The summed E-state index contributed by atoms with van der Waals surface area (Å²) in [5.74, 6) is 0.634. The summed E-state index contributed by atoms with van der Waals surface area (Å²) in [6.45, 7) is 4.97. The number of rotatable bonds is 4. The Hall–Kier alpha value is -0.870. The zero-order valence-corrected chi connectivity index (χ0v) is 9.44. The molecule has 2 unspecified atom stereocenters. The van der Waals surface area contributed by atoms with Gasteiger partial charge in [0.1, 0.15) is 0 Å². The lowest BCUT2D eigenvalue weighted by atomic mass is 10.0. The molecule has 1 fully saturated rings. The van der Waals surface area contributed by atoms with E-state index in [1.54, 1.807) is 0 Å². The fourth-order valence-corrected chi connectivity index (χ4v) is 2.11. The highest BCUT2D eigenvalue weighted by Gasteiger charge is 2.24. The maximum absolute atomic E-state index is 5.56. The van der Waals surface area contributed by atoms with Gasteiger partial charge in [0.25, 0.3) is 0 Å². The van der Waals surface area contributed by atoms with E-state index in [9.17, 15) is 0 Å². The Bertz CT molecular complexity index is 311. The van der Waals surface area contributed by atoms with Crippen molar-refractivity contribution in [1.82, 2.24) is 14.9 Å². The smallest absolute Gasteiger partial charge is 0.0948 e. The molecule has 1 aromatic rings. The number of hydrogen-bond acceptors (Lipinski definition) is 3. The van der Waals surface area contributed by atoms with E-state index in [0.29, 0.717) is 12.0 Å². The standard InChI is InChI=1S/C11H19N3O/c1-9-10(3-4-15-9)7-14-8-13-6-11(14)5-12-2/h6,8-10,12H,3-5,7H2,1-2H3. The lowest BCUT2D eigenvalue weighted by Gasteiger charge is -2.16. The maximum Gasteiger partial charge on any atom is 0.0948 e. The number of aromatic nitrogens is 2. The summed E-state index contributed by atoms with van der Waals surface area (Å²) in [5.41, 5.74) is 1.25. The van der Waals surface area contributed by atoms with Crippen LogP contribution in [0.1, 0.15) is 19.0 Å². The van der Waals surface area contributed by atoms with Gasteiger partial charge in [-0.3, -0.25) is 0 Å². The lowest BCUT2D eigenvalue weighted by molar-refractivity contribution is 0.101. The van der Waals surface area contributed by atoms with Crippen LogP contribution in [0.2, 0.25) is 0 Å². The second-order valence-corrected chi connectivity index (χ2v) is 4.19. The van der Waals surface area contributed by atoms with Gasteiger partial charge in [0, 0.05) is 31.8 Å². The Morgan fingerprint density at radius 1 is 1.67 bits per heavy atom. The summed E-state index contributed by atoms with van der Waals surface area (Å²) in [6.07, 6.45) is 5.39. The number of nitrogens with zero attached hydrogens (tertiary/aromatic N) is 2. The van der Waals surface area contributed by atoms with Crippen molar-refractivity contribution in [2.24, 2.45) is 5.92 Å². The molecule has 2 rings (SSSR count). The van der Waals surface area contributed by atoms with E-state index in [1.807, 2.05) is 19.6 Å². The van der Waals surface area contributed by atoms with Crippen molar-refractivity contribution in [3.8, 4) is 0 Å². The van der Waals surface area contributed by atoms with E-state index >= 15 is 0 Å². The van der Waals surface area contributed by atoms with E-state index in [0.717, 1.165) is 19.7 Å². The fraction of sp³-hybridized carbons (Fsp3) is 0.727. The van der Waals surface area contributed by atoms with Gasteiger partial charge in [-0.25, -0.2) is 4.98 Å². The molecule has 84 valence electrons. The third kappa shape index (κ3) is 2.38. The van der Waals surface area contributed by atoms with Crippen LogP contribution in [0.15, 0.2) is 12.5 Å². The van der Waals surface area contributed by atoms with Gasteiger partial charge in [-0.05, 0) is 20.4 Å². The highest BCUT2D eigenvalue weighted by molar-refractivity contribution is 4.98. The van der Waals surface area contributed by atoms with Crippen LogP contribution < -0.4 is 5.32 Å². The predicted octanol–water partition coefficient (Wildman–Crippen LogP) is 1.03.